The quantitative estimate of drug-likeness (QED) is 0.626. The van der Waals surface area contributed by atoms with Gasteiger partial charge in [-0.3, -0.25) is 10.1 Å². The van der Waals surface area contributed by atoms with Gasteiger partial charge in [0.05, 0.1) is 22.5 Å². The van der Waals surface area contributed by atoms with Crippen LogP contribution >= 0.6 is 0 Å². The van der Waals surface area contributed by atoms with Crippen molar-refractivity contribution in [3.8, 4) is 5.69 Å². The second kappa shape index (κ2) is 4.71. The van der Waals surface area contributed by atoms with E-state index in [1.54, 1.807) is 18.3 Å². The summed E-state index contributed by atoms with van der Waals surface area (Å²) in [6.45, 7) is 0.606. The van der Waals surface area contributed by atoms with E-state index in [9.17, 15) is 10.1 Å². The number of nitro benzene ring substituents is 1. The molecule has 1 N–H and O–H groups in total. The van der Waals surface area contributed by atoms with Gasteiger partial charge in [-0.15, -0.1) is 0 Å². The van der Waals surface area contributed by atoms with Gasteiger partial charge in [-0.1, -0.05) is 6.07 Å². The molecule has 88 valence electrons. The molecule has 0 spiro atoms. The average Bonchev–Trinajstić information content (AvgIpc) is 2.78. The Morgan fingerprint density at radius 3 is 3.06 bits per heavy atom. The topological polar surface area (TPSA) is 85.9 Å². The SMILES string of the molecule is CNCc1cnn(-c2cccc([N+](=O)[O-])c2)n1. The van der Waals surface area contributed by atoms with Crippen LogP contribution in [0.25, 0.3) is 5.69 Å². The standard InChI is InChI=1S/C10H11N5O2/c1-11-6-8-7-12-14(13-8)9-3-2-4-10(5-9)15(16)17/h2-5,7,11H,6H2,1H3. The van der Waals surface area contributed by atoms with Crippen LogP contribution in [0.15, 0.2) is 30.5 Å². The van der Waals surface area contributed by atoms with Crippen LogP contribution in [0.4, 0.5) is 5.69 Å². The molecule has 1 aromatic heterocycles. The number of nitro groups is 1. The minimum absolute atomic E-state index is 0.0231. The Hall–Kier alpha value is -2.28. The Labute approximate surface area is 97.2 Å². The van der Waals surface area contributed by atoms with Crippen LogP contribution in [0.2, 0.25) is 0 Å². The van der Waals surface area contributed by atoms with Crippen molar-refractivity contribution in [3.63, 3.8) is 0 Å². The number of non-ortho nitro benzene ring substituents is 1. The molecule has 1 heterocycles. The van der Waals surface area contributed by atoms with Gasteiger partial charge < -0.3 is 5.32 Å². The lowest BCUT2D eigenvalue weighted by atomic mass is 10.3. The van der Waals surface area contributed by atoms with Crippen LogP contribution in [-0.2, 0) is 6.54 Å². The molecule has 2 rings (SSSR count). The van der Waals surface area contributed by atoms with Crippen LogP contribution in [0.3, 0.4) is 0 Å². The molecular weight excluding hydrogens is 222 g/mol. The van der Waals surface area contributed by atoms with Crippen molar-refractivity contribution in [2.24, 2.45) is 0 Å². The van der Waals surface area contributed by atoms with Gasteiger partial charge in [0, 0.05) is 18.7 Å². The number of rotatable bonds is 4. The first-order chi connectivity index (χ1) is 8.20. The normalized spacial score (nSPS) is 10.4. The van der Waals surface area contributed by atoms with Gasteiger partial charge in [0.15, 0.2) is 0 Å². The highest BCUT2D eigenvalue weighted by Crippen LogP contribution is 2.15. The zero-order valence-corrected chi connectivity index (χ0v) is 9.20. The van der Waals surface area contributed by atoms with Gasteiger partial charge in [0.25, 0.3) is 5.69 Å². The fourth-order valence-electron chi connectivity index (χ4n) is 1.41. The highest BCUT2D eigenvalue weighted by atomic mass is 16.6. The van der Waals surface area contributed by atoms with E-state index in [0.29, 0.717) is 12.2 Å². The van der Waals surface area contributed by atoms with Gasteiger partial charge in [-0.25, -0.2) is 0 Å². The molecule has 0 amide bonds. The second-order valence-corrected chi connectivity index (χ2v) is 3.43. The monoisotopic (exact) mass is 233 g/mol. The van der Waals surface area contributed by atoms with Crippen molar-refractivity contribution in [1.82, 2.24) is 20.3 Å². The largest absolute Gasteiger partial charge is 0.314 e. The molecule has 0 fully saturated rings. The maximum atomic E-state index is 10.6. The van der Waals surface area contributed by atoms with E-state index in [2.05, 4.69) is 15.5 Å². The number of hydrogen-bond acceptors (Lipinski definition) is 5. The van der Waals surface area contributed by atoms with Crippen LogP contribution in [0.5, 0.6) is 0 Å². The molecule has 17 heavy (non-hydrogen) atoms. The third-order valence-electron chi connectivity index (χ3n) is 2.17. The van der Waals surface area contributed by atoms with E-state index in [1.165, 1.54) is 16.9 Å². The molecular formula is C10H11N5O2. The minimum Gasteiger partial charge on any atom is -0.314 e. The van der Waals surface area contributed by atoms with Gasteiger partial charge in [-0.2, -0.15) is 15.0 Å². The van der Waals surface area contributed by atoms with E-state index in [4.69, 9.17) is 0 Å². The summed E-state index contributed by atoms with van der Waals surface area (Å²) in [5.41, 5.74) is 1.37. The third-order valence-corrected chi connectivity index (χ3v) is 2.17. The molecule has 0 aliphatic rings. The van der Waals surface area contributed by atoms with Crippen molar-refractivity contribution < 1.29 is 4.92 Å². The molecule has 1 aromatic carbocycles. The molecule has 0 radical (unpaired) electrons. The zero-order valence-electron chi connectivity index (χ0n) is 9.20. The molecule has 0 unspecified atom stereocenters. The molecule has 0 bridgehead atoms. The summed E-state index contributed by atoms with van der Waals surface area (Å²) in [4.78, 5) is 11.6. The molecule has 0 saturated heterocycles. The Morgan fingerprint density at radius 2 is 2.35 bits per heavy atom. The maximum Gasteiger partial charge on any atom is 0.271 e. The summed E-state index contributed by atoms with van der Waals surface area (Å²) in [6, 6.07) is 6.19. The first-order valence-electron chi connectivity index (χ1n) is 5.01. The Morgan fingerprint density at radius 1 is 1.53 bits per heavy atom. The molecule has 0 aliphatic carbocycles. The summed E-state index contributed by atoms with van der Waals surface area (Å²) < 4.78 is 0. The molecule has 2 aromatic rings. The van der Waals surface area contributed by atoms with Crippen molar-refractivity contribution in [2.75, 3.05) is 7.05 Å². The van der Waals surface area contributed by atoms with Gasteiger partial charge in [0.2, 0.25) is 0 Å². The lowest BCUT2D eigenvalue weighted by Gasteiger charge is -1.98. The highest BCUT2D eigenvalue weighted by Gasteiger charge is 2.08. The van der Waals surface area contributed by atoms with E-state index in [-0.39, 0.29) is 5.69 Å². The first-order valence-corrected chi connectivity index (χ1v) is 5.01. The summed E-state index contributed by atoms with van der Waals surface area (Å²) in [7, 11) is 1.81. The van der Waals surface area contributed by atoms with Crippen LogP contribution in [0, 0.1) is 10.1 Å². The zero-order chi connectivity index (χ0) is 12.3. The Balaban J connectivity index is 2.32. The average molecular weight is 233 g/mol. The minimum atomic E-state index is -0.443. The van der Waals surface area contributed by atoms with Crippen molar-refractivity contribution in [3.05, 3.63) is 46.3 Å². The summed E-state index contributed by atoms with van der Waals surface area (Å²) in [5, 5.41) is 21.8. The molecule has 0 saturated carbocycles. The van der Waals surface area contributed by atoms with Gasteiger partial charge in [0.1, 0.15) is 0 Å². The fraction of sp³-hybridized carbons (Fsp3) is 0.200. The maximum absolute atomic E-state index is 10.6. The van der Waals surface area contributed by atoms with Gasteiger partial charge >= 0.3 is 0 Å². The predicted molar refractivity (Wildman–Crippen MR) is 60.8 cm³/mol. The smallest absolute Gasteiger partial charge is 0.271 e. The number of nitrogens with zero attached hydrogens (tertiary/aromatic N) is 4. The fourth-order valence-corrected chi connectivity index (χ4v) is 1.41. The van der Waals surface area contributed by atoms with E-state index < -0.39 is 4.92 Å². The molecule has 7 heteroatoms. The lowest BCUT2D eigenvalue weighted by molar-refractivity contribution is -0.384. The summed E-state index contributed by atoms with van der Waals surface area (Å²) in [5.74, 6) is 0. The number of hydrogen-bond donors (Lipinski definition) is 1. The van der Waals surface area contributed by atoms with E-state index in [1.807, 2.05) is 7.05 Å². The first kappa shape index (κ1) is 11.2. The summed E-state index contributed by atoms with van der Waals surface area (Å²) in [6.07, 6.45) is 1.62. The third kappa shape index (κ3) is 2.45. The predicted octanol–water partition coefficient (Wildman–Crippen LogP) is 0.895. The van der Waals surface area contributed by atoms with Crippen LogP contribution < -0.4 is 5.32 Å². The van der Waals surface area contributed by atoms with Crippen LogP contribution in [-0.4, -0.2) is 27.0 Å². The number of aromatic nitrogens is 3. The highest BCUT2D eigenvalue weighted by molar-refractivity contribution is 5.41. The molecule has 0 aliphatic heterocycles. The van der Waals surface area contributed by atoms with Crippen molar-refractivity contribution >= 4 is 5.69 Å². The number of benzene rings is 1. The Bertz CT molecular complexity index is 537. The number of nitrogens with one attached hydrogen (secondary N) is 1. The van der Waals surface area contributed by atoms with E-state index in [0.717, 1.165) is 5.69 Å². The van der Waals surface area contributed by atoms with Crippen LogP contribution in [0.1, 0.15) is 5.69 Å². The van der Waals surface area contributed by atoms with Crippen molar-refractivity contribution in [1.29, 1.82) is 0 Å². The van der Waals surface area contributed by atoms with E-state index >= 15 is 0 Å². The Kier molecular flexibility index (Phi) is 3.10. The molecule has 7 nitrogen and oxygen atoms in total. The van der Waals surface area contributed by atoms with Gasteiger partial charge in [-0.05, 0) is 13.1 Å². The second-order valence-electron chi connectivity index (χ2n) is 3.43. The summed E-state index contributed by atoms with van der Waals surface area (Å²) >= 11 is 0. The van der Waals surface area contributed by atoms with Crippen molar-refractivity contribution in [2.45, 2.75) is 6.54 Å². The molecule has 0 atom stereocenters. The lowest BCUT2D eigenvalue weighted by Crippen LogP contribution is -2.06.